The van der Waals surface area contributed by atoms with Gasteiger partial charge in [0.2, 0.25) is 11.7 Å². The predicted molar refractivity (Wildman–Crippen MR) is 498 cm³/mol. The van der Waals surface area contributed by atoms with E-state index in [9.17, 15) is 39.0 Å². The van der Waals surface area contributed by atoms with Crippen LogP contribution in [0.4, 0.5) is 11.8 Å². The molecule has 2 aromatic carbocycles. The van der Waals surface area contributed by atoms with Crippen LogP contribution in [0.1, 0.15) is 195 Å². The normalized spacial score (nSPS) is 26.8. The Labute approximate surface area is 774 Å². The number of carbonyl (C=O) groups is 6. The number of anilines is 2. The maximum atomic E-state index is 14.9. The molecule has 32 nitrogen and oxygen atoms in total. The van der Waals surface area contributed by atoms with Gasteiger partial charge in [-0.25, -0.2) is 19.4 Å². The lowest BCUT2D eigenvalue weighted by Gasteiger charge is -2.43. The highest BCUT2D eigenvalue weighted by molar-refractivity contribution is 6.39. The van der Waals surface area contributed by atoms with Crippen LogP contribution < -0.4 is 11.5 Å². The van der Waals surface area contributed by atoms with Crippen LogP contribution in [0.2, 0.25) is 0 Å². The van der Waals surface area contributed by atoms with E-state index in [-0.39, 0.29) is 67.4 Å². The van der Waals surface area contributed by atoms with Crippen molar-refractivity contribution in [1.29, 1.82) is 0 Å². The summed E-state index contributed by atoms with van der Waals surface area (Å²) in [5.41, 5.74) is 20.3. The number of fused-ring (bicyclic) bond motifs is 6. The van der Waals surface area contributed by atoms with E-state index in [1.165, 1.54) is 29.5 Å². The number of rotatable bonds is 36. The minimum Gasteiger partial charge on any atom is -0.462 e. The zero-order chi connectivity index (χ0) is 94.9. The van der Waals surface area contributed by atoms with Crippen molar-refractivity contribution in [2.75, 3.05) is 153 Å². The fraction of sp³-hybridized carbons (Fsp3) is 0.677. The number of carbonyl (C=O) groups excluding carboxylic acids is 6. The van der Waals surface area contributed by atoms with E-state index in [4.69, 9.17) is 87.3 Å². The number of amides is 2. The highest BCUT2D eigenvalue weighted by Gasteiger charge is 2.53. The highest BCUT2D eigenvalue weighted by atomic mass is 16.6. The van der Waals surface area contributed by atoms with E-state index in [1.54, 1.807) is 48.4 Å². The van der Waals surface area contributed by atoms with E-state index in [0.29, 0.717) is 209 Å². The molecule has 2 bridgehead atoms. The molecule has 4 aliphatic heterocycles. The second-order valence-corrected chi connectivity index (χ2v) is 35.5. The van der Waals surface area contributed by atoms with Crippen LogP contribution >= 0.6 is 0 Å². The van der Waals surface area contributed by atoms with Gasteiger partial charge in [-0.2, -0.15) is 10.1 Å². The molecule has 131 heavy (non-hydrogen) atoms. The van der Waals surface area contributed by atoms with Gasteiger partial charge in [0, 0.05) is 117 Å². The van der Waals surface area contributed by atoms with Gasteiger partial charge in [-0.05, 0) is 173 Å². The lowest BCUT2D eigenvalue weighted by Crippen LogP contribution is -2.61. The van der Waals surface area contributed by atoms with Gasteiger partial charge in [-0.15, -0.1) is 0 Å². The summed E-state index contributed by atoms with van der Waals surface area (Å²) in [4.78, 5) is 100. The molecule has 16 atom stereocenters. The Kier molecular flexibility index (Phi) is 46.8. The Hall–Kier alpha value is -8.32. The third kappa shape index (κ3) is 33.3. The smallest absolute Gasteiger partial charge is 0.329 e. The number of aliphatic hydroxyl groups excluding tert-OH is 1. The average Bonchev–Trinajstić information content (AvgIpc) is 1.68. The number of benzene rings is 2. The van der Waals surface area contributed by atoms with E-state index in [0.717, 1.165) is 61.8 Å². The zero-order valence-electron chi connectivity index (χ0n) is 80.4. The number of Topliss-reactive ketones (excluding diaryl/α,β-unsaturated/α-hetero) is 2. The molecule has 0 unspecified atom stereocenters. The summed E-state index contributed by atoms with van der Waals surface area (Å²) in [5.74, 6) is -6.76. The Balaban J connectivity index is 0.000000316. The van der Waals surface area contributed by atoms with E-state index in [1.807, 2.05) is 107 Å². The van der Waals surface area contributed by atoms with Crippen LogP contribution in [0.5, 0.6) is 0 Å². The molecule has 2 saturated heterocycles. The van der Waals surface area contributed by atoms with Crippen LogP contribution in [0.25, 0.3) is 33.4 Å². The molecule has 2 amide bonds. The first-order chi connectivity index (χ1) is 63.1. The lowest BCUT2D eigenvalue weighted by molar-refractivity contribution is -0.265. The van der Waals surface area contributed by atoms with Crippen LogP contribution in [0.3, 0.4) is 0 Å². The molecular weight excluding hydrogens is 1680 g/mol. The number of nitrogen functional groups attached to an aromatic ring is 2. The van der Waals surface area contributed by atoms with Crippen molar-refractivity contribution in [2.45, 2.75) is 252 Å². The van der Waals surface area contributed by atoms with Crippen LogP contribution in [-0.2, 0) is 115 Å². The monoisotopic (exact) mass is 1830 g/mol. The molecule has 5 aliphatic rings. The van der Waals surface area contributed by atoms with Gasteiger partial charge >= 0.3 is 11.9 Å². The molecule has 3 fully saturated rings. The molecule has 1 saturated carbocycles. The van der Waals surface area contributed by atoms with Gasteiger partial charge in [-0.1, -0.05) is 110 Å². The van der Waals surface area contributed by atoms with Crippen LogP contribution in [0.15, 0.2) is 94.7 Å². The third-order valence-electron chi connectivity index (χ3n) is 25.3. The minimum atomic E-state index is -2.44. The summed E-state index contributed by atoms with van der Waals surface area (Å²) in [6.07, 6.45) is 18.0. The number of ketones is 2. The van der Waals surface area contributed by atoms with Crippen molar-refractivity contribution in [2.24, 2.45) is 41.4 Å². The van der Waals surface area contributed by atoms with Gasteiger partial charge in [0.25, 0.3) is 17.7 Å². The summed E-state index contributed by atoms with van der Waals surface area (Å²) in [5, 5.41) is 29.5. The molecule has 3 aromatic heterocycles. The first-order valence-corrected chi connectivity index (χ1v) is 47.2. The fourth-order valence-corrected chi connectivity index (χ4v) is 17.6. The summed E-state index contributed by atoms with van der Waals surface area (Å²) < 4.78 is 86.0. The molecular formula is C99H151N9O23. The summed E-state index contributed by atoms with van der Waals surface area (Å²) in [6, 6.07) is 11.0. The molecule has 5 aromatic rings. The maximum absolute atomic E-state index is 14.9. The third-order valence-corrected chi connectivity index (χ3v) is 25.3. The zero-order valence-corrected chi connectivity index (χ0v) is 80.4. The number of nitrogens with zero attached hydrogens (tertiary/aromatic N) is 7. The highest BCUT2D eigenvalue weighted by Crippen LogP contribution is 2.41. The van der Waals surface area contributed by atoms with E-state index in [2.05, 4.69) is 40.1 Å². The molecule has 6 N–H and O–H groups in total. The Bertz CT molecular complexity index is 4440. The molecule has 10 rings (SSSR count). The lowest BCUT2D eigenvalue weighted by atomic mass is 9.75. The number of nitrogens with two attached hydrogens (primary N) is 2. The number of oxazole rings is 1. The quantitative estimate of drug-likeness (QED) is 0.0125. The number of ether oxygens (including phenoxy) is 14. The van der Waals surface area contributed by atoms with E-state index >= 15 is 0 Å². The summed E-state index contributed by atoms with van der Waals surface area (Å²) >= 11 is 0. The van der Waals surface area contributed by atoms with Gasteiger partial charge < -0.3 is 102 Å². The number of hydrogen-bond acceptors (Lipinski definition) is 29. The Morgan fingerprint density at radius 3 is 2.04 bits per heavy atom. The second-order valence-electron chi connectivity index (χ2n) is 35.5. The van der Waals surface area contributed by atoms with Crippen LogP contribution in [0, 0.1) is 41.4 Å². The molecule has 7 heterocycles. The molecule has 32 heteroatoms. The van der Waals surface area contributed by atoms with Crippen molar-refractivity contribution in [3.05, 3.63) is 107 Å². The topological polar surface area (TPSA) is 400 Å². The second kappa shape index (κ2) is 56.8. The number of hydrogen-bond donors (Lipinski definition) is 4. The average molecular weight is 1840 g/mol. The minimum absolute atomic E-state index is 0.00650. The van der Waals surface area contributed by atoms with Crippen molar-refractivity contribution in [3.8, 4) is 11.3 Å². The number of esters is 2. The van der Waals surface area contributed by atoms with Crippen molar-refractivity contribution in [3.63, 3.8) is 0 Å². The van der Waals surface area contributed by atoms with Gasteiger partial charge in [0.05, 0.1) is 110 Å². The maximum Gasteiger partial charge on any atom is 0.329 e. The van der Waals surface area contributed by atoms with Gasteiger partial charge in [0.1, 0.15) is 53.8 Å². The summed E-state index contributed by atoms with van der Waals surface area (Å²) in [7, 11) is 8.03. The SMILES string of the molecule is CCCC(=O)N1CCc2cc(Cn3nc(-c4ccc5oc(N)nc5c4)c4c(N)ncnc43)ccc2C1.CCCOCCOCCCC(=O)O[C@@H]1C[C@@H]([C@H](C)C[C@@H]2CC[C@@H](C)[C@H](OC)C2)OC(=O)[C@@H]2CCCCN2C(=O)C(=O)[C@]2(O)O[C@@H](CC[C@H]2C)C[C@H](OC)/C(C)=C/C=C/C=C/[C@@H](C)C[C@@H](C)C(=O)[C@H](OC)[C@H](O)/C(C)=C/[C@H]1C.COCCOCCOCCOCCOCCOC. The Morgan fingerprint density at radius 1 is 0.687 bits per heavy atom. The van der Waals surface area contributed by atoms with Crippen LogP contribution in [-0.4, -0.2) is 276 Å². The number of methoxy groups -OCH3 is 5. The number of cyclic esters (lactones) is 1. The van der Waals surface area contributed by atoms with Crippen molar-refractivity contribution < 1.29 is 110 Å². The summed E-state index contributed by atoms with van der Waals surface area (Å²) in [6.45, 7) is 29.1. The number of piperidine rings is 1. The van der Waals surface area contributed by atoms with Gasteiger partial charge in [-0.3, -0.25) is 24.0 Å². The molecule has 0 radical (unpaired) electrons. The van der Waals surface area contributed by atoms with Gasteiger partial charge in [0.15, 0.2) is 17.0 Å². The number of aromatic nitrogens is 5. The standard InChI is InChI=1S/C61H99NO15.C26H26N8O2.C12H26O6/c1-13-29-73-31-32-74-30-19-23-54(63)75-52-38-53(43(6)35-47-26-24-41(4)50(36-47)70-10)76-60(68)49-22-17-18-28-62(49)59(67)58(66)61(69)46(9)25-27-48(77-61)37-51(71-11)40(3)21-16-14-15-20-39(2)33-44(7)55(64)57(72-12)56(65)45(8)34-42(52)5;1-2-3-21(35)33-9-8-16-10-15(4-5-18(16)13-33)12-34-25-22(24(27)29-14-30-25)23(32-34)17-6-7-20-19(11-17)31-26(28)36-20;1-13-3-5-15-7-9-17-11-12-18-10-8-16-6-4-14-2/h14-16,20-21,34,39,41-44,46-53,56-57,65,69H,13,17-19,22-33,35-38H2,1-12H3;4-7,10-11,14H,2-3,8-9,12-13H2,1H3,(H2,28,31)(H2,27,29,30);3-12H2,1-2H3/b16-14+,20-15+,40-21+,45-34+;;/t39-,41-,42-,43-,44-,46-,47+,48+,49+,50-,51+,52-,53+,56-,57+,61-;;/m1../s1. The largest absolute Gasteiger partial charge is 0.462 e. The first kappa shape index (κ1) is 108. The number of aliphatic hydroxyl groups is 2. The number of allylic oxidation sites excluding steroid dienone is 5. The van der Waals surface area contributed by atoms with E-state index < -0.39 is 89.8 Å². The Morgan fingerprint density at radius 2 is 1.37 bits per heavy atom. The first-order valence-electron chi connectivity index (χ1n) is 47.2. The van der Waals surface area contributed by atoms with Crippen molar-refractivity contribution >= 4 is 69.3 Å². The molecule has 1 aliphatic carbocycles. The molecule has 730 valence electrons. The predicted octanol–water partition coefficient (Wildman–Crippen LogP) is 12.9. The fourth-order valence-electron chi connectivity index (χ4n) is 17.6. The van der Waals surface area contributed by atoms with Crippen molar-refractivity contribution in [1.82, 2.24) is 34.5 Å². The molecule has 0 spiro atoms.